The smallest absolute Gasteiger partial charge is 0.251 e. The average Bonchev–Trinajstić information content (AvgIpc) is 2.17. The molecule has 0 bridgehead atoms. The Morgan fingerprint density at radius 1 is 1.42 bits per heavy atom. The van der Waals surface area contributed by atoms with Gasteiger partial charge in [-0.3, -0.25) is 10.2 Å². The molecule has 3 N–H and O–H groups in total. The van der Waals surface area contributed by atoms with Crippen LogP contribution in [0.3, 0.4) is 0 Å². The van der Waals surface area contributed by atoms with Crippen molar-refractivity contribution < 1.29 is 4.79 Å². The van der Waals surface area contributed by atoms with Gasteiger partial charge in [-0.1, -0.05) is 30.3 Å². The lowest BCUT2D eigenvalue weighted by Crippen LogP contribution is -2.32. The van der Waals surface area contributed by atoms with Gasteiger partial charge in [-0.15, -0.1) is 0 Å². The Balaban J connectivity index is 2.78. The predicted molar refractivity (Wildman–Crippen MR) is 50.5 cm³/mol. The van der Waals surface area contributed by atoms with E-state index in [4.69, 9.17) is 5.84 Å². The number of benzene rings is 1. The molecule has 0 aliphatic carbocycles. The van der Waals surface area contributed by atoms with Gasteiger partial charge in [0.2, 0.25) is 0 Å². The third kappa shape index (κ3) is 1.99. The first-order valence-corrected chi connectivity index (χ1v) is 4.01. The summed E-state index contributed by atoms with van der Waals surface area (Å²) in [5.41, 5.74) is 2.88. The molecular formula is C8H10N2OS. The molecule has 0 fully saturated rings. The third-order valence-electron chi connectivity index (χ3n) is 1.51. The summed E-state index contributed by atoms with van der Waals surface area (Å²) in [5, 5.41) is -0.490. The lowest BCUT2D eigenvalue weighted by Gasteiger charge is -2.07. The maximum Gasteiger partial charge on any atom is 0.251 e. The van der Waals surface area contributed by atoms with Crippen molar-refractivity contribution in [3.8, 4) is 0 Å². The topological polar surface area (TPSA) is 55.1 Å². The van der Waals surface area contributed by atoms with Crippen molar-refractivity contribution in [2.24, 2.45) is 5.84 Å². The van der Waals surface area contributed by atoms with Gasteiger partial charge < -0.3 is 0 Å². The van der Waals surface area contributed by atoms with E-state index in [1.807, 2.05) is 35.8 Å². The first-order valence-electron chi connectivity index (χ1n) is 3.49. The molecule has 1 unspecified atom stereocenters. The van der Waals surface area contributed by atoms with Crippen LogP contribution in [0.25, 0.3) is 0 Å². The fourth-order valence-corrected chi connectivity index (χ4v) is 1.11. The molecule has 12 heavy (non-hydrogen) atoms. The lowest BCUT2D eigenvalue weighted by atomic mass is 10.1. The van der Waals surface area contributed by atoms with Gasteiger partial charge in [-0.2, -0.15) is 12.6 Å². The third-order valence-corrected chi connectivity index (χ3v) is 2.04. The summed E-state index contributed by atoms with van der Waals surface area (Å²) in [5.74, 6) is 4.66. The Bertz CT molecular complexity index is 263. The highest BCUT2D eigenvalue weighted by Gasteiger charge is 2.13. The molecule has 0 spiro atoms. The van der Waals surface area contributed by atoms with Gasteiger partial charge in [0.25, 0.3) is 5.91 Å². The zero-order valence-electron chi connectivity index (χ0n) is 6.40. The van der Waals surface area contributed by atoms with Crippen LogP contribution in [0.15, 0.2) is 30.3 Å². The molecule has 1 atom stereocenters. The highest BCUT2D eigenvalue weighted by Crippen LogP contribution is 2.18. The Labute approximate surface area is 76.3 Å². The Hall–Kier alpha value is -1.00. The Morgan fingerprint density at radius 3 is 2.50 bits per heavy atom. The van der Waals surface area contributed by atoms with Crippen molar-refractivity contribution in [1.82, 2.24) is 5.43 Å². The number of nitrogens with two attached hydrogens (primary N) is 1. The fourth-order valence-electron chi connectivity index (χ4n) is 0.866. The number of hydrogen-bond donors (Lipinski definition) is 3. The molecule has 1 rings (SSSR count). The van der Waals surface area contributed by atoms with E-state index in [-0.39, 0.29) is 5.91 Å². The van der Waals surface area contributed by atoms with Crippen LogP contribution in [0.1, 0.15) is 10.8 Å². The van der Waals surface area contributed by atoms with Gasteiger partial charge >= 0.3 is 0 Å². The van der Waals surface area contributed by atoms with E-state index in [9.17, 15) is 4.79 Å². The van der Waals surface area contributed by atoms with Gasteiger partial charge in [0.05, 0.1) is 0 Å². The van der Waals surface area contributed by atoms with Crippen molar-refractivity contribution in [3.05, 3.63) is 35.9 Å². The van der Waals surface area contributed by atoms with Crippen molar-refractivity contribution >= 4 is 18.5 Å². The molecule has 3 nitrogen and oxygen atoms in total. The van der Waals surface area contributed by atoms with E-state index >= 15 is 0 Å². The highest BCUT2D eigenvalue weighted by molar-refractivity contribution is 7.81. The number of carbonyl (C=O) groups is 1. The zero-order chi connectivity index (χ0) is 8.97. The van der Waals surface area contributed by atoms with E-state index in [1.54, 1.807) is 0 Å². The molecule has 64 valence electrons. The van der Waals surface area contributed by atoms with Crippen LogP contribution in [0.2, 0.25) is 0 Å². The average molecular weight is 182 g/mol. The summed E-state index contributed by atoms with van der Waals surface area (Å²) in [7, 11) is 0. The summed E-state index contributed by atoms with van der Waals surface area (Å²) in [4.78, 5) is 11.0. The first-order chi connectivity index (χ1) is 5.75. The zero-order valence-corrected chi connectivity index (χ0v) is 7.29. The van der Waals surface area contributed by atoms with Crippen LogP contribution in [-0.2, 0) is 4.79 Å². The summed E-state index contributed by atoms with van der Waals surface area (Å²) < 4.78 is 0. The SMILES string of the molecule is NNC(=O)C(S)c1ccccc1. The maximum absolute atomic E-state index is 11.0. The minimum absolute atomic E-state index is 0.301. The minimum Gasteiger partial charge on any atom is -0.293 e. The molecule has 1 aromatic rings. The number of amides is 1. The van der Waals surface area contributed by atoms with E-state index < -0.39 is 5.25 Å². The van der Waals surface area contributed by atoms with E-state index in [1.165, 1.54) is 0 Å². The van der Waals surface area contributed by atoms with Crippen LogP contribution in [0.4, 0.5) is 0 Å². The second-order valence-electron chi connectivity index (χ2n) is 2.32. The molecule has 0 heterocycles. The van der Waals surface area contributed by atoms with Gasteiger partial charge in [0.1, 0.15) is 5.25 Å². The lowest BCUT2D eigenvalue weighted by molar-refractivity contribution is -0.120. The molecule has 0 aliphatic rings. The highest BCUT2D eigenvalue weighted by atomic mass is 32.1. The van der Waals surface area contributed by atoms with Crippen LogP contribution in [0.5, 0.6) is 0 Å². The number of hydrogen-bond acceptors (Lipinski definition) is 3. The van der Waals surface area contributed by atoms with Crippen molar-refractivity contribution in [3.63, 3.8) is 0 Å². The van der Waals surface area contributed by atoms with Gasteiger partial charge in [-0.05, 0) is 5.56 Å². The quantitative estimate of drug-likeness (QED) is 0.272. The molecule has 0 aliphatic heterocycles. The first kappa shape index (κ1) is 9.09. The Morgan fingerprint density at radius 2 is 2.00 bits per heavy atom. The number of rotatable bonds is 2. The molecule has 1 aromatic carbocycles. The monoisotopic (exact) mass is 182 g/mol. The van der Waals surface area contributed by atoms with Crippen LogP contribution in [0, 0.1) is 0 Å². The number of carbonyl (C=O) groups excluding carboxylic acids is 1. The standard InChI is InChI=1S/C8H10N2OS/c9-10-8(11)7(12)6-4-2-1-3-5-6/h1-5,7,12H,9H2,(H,10,11). The molecule has 0 aromatic heterocycles. The molecule has 4 heteroatoms. The fraction of sp³-hybridized carbons (Fsp3) is 0.125. The Kier molecular flexibility index (Phi) is 3.13. The summed E-state index contributed by atoms with van der Waals surface area (Å²) in [6, 6.07) is 9.23. The van der Waals surface area contributed by atoms with Crippen molar-refractivity contribution in [1.29, 1.82) is 0 Å². The second-order valence-corrected chi connectivity index (χ2v) is 2.84. The van der Waals surface area contributed by atoms with Crippen LogP contribution in [-0.4, -0.2) is 5.91 Å². The van der Waals surface area contributed by atoms with Gasteiger partial charge in [0, 0.05) is 0 Å². The second kappa shape index (κ2) is 4.13. The van der Waals surface area contributed by atoms with E-state index in [0.717, 1.165) is 5.56 Å². The van der Waals surface area contributed by atoms with Gasteiger partial charge in [0.15, 0.2) is 0 Å². The largest absolute Gasteiger partial charge is 0.293 e. The molecule has 0 radical (unpaired) electrons. The number of thiol groups is 1. The predicted octanol–water partition coefficient (Wildman–Crippen LogP) is 0.647. The van der Waals surface area contributed by atoms with Crippen LogP contribution < -0.4 is 11.3 Å². The van der Waals surface area contributed by atoms with Crippen molar-refractivity contribution in [2.45, 2.75) is 5.25 Å². The van der Waals surface area contributed by atoms with E-state index in [2.05, 4.69) is 12.6 Å². The van der Waals surface area contributed by atoms with Gasteiger partial charge in [-0.25, -0.2) is 5.84 Å². The molecule has 1 amide bonds. The molecule has 0 saturated heterocycles. The normalized spacial score (nSPS) is 12.2. The molecule has 0 saturated carbocycles. The van der Waals surface area contributed by atoms with Crippen molar-refractivity contribution in [2.75, 3.05) is 0 Å². The summed E-state index contributed by atoms with van der Waals surface area (Å²) in [6.45, 7) is 0. The maximum atomic E-state index is 11.0. The number of hydrazine groups is 1. The van der Waals surface area contributed by atoms with E-state index in [0.29, 0.717) is 0 Å². The summed E-state index contributed by atoms with van der Waals surface area (Å²) in [6.07, 6.45) is 0. The summed E-state index contributed by atoms with van der Waals surface area (Å²) >= 11 is 4.10. The molecular weight excluding hydrogens is 172 g/mol. The number of nitrogens with one attached hydrogen (secondary N) is 1. The van der Waals surface area contributed by atoms with Crippen LogP contribution >= 0.6 is 12.6 Å². The minimum atomic E-state index is -0.490.